The molecule has 0 radical (unpaired) electrons. The molecule has 168 valence electrons. The lowest BCUT2D eigenvalue weighted by molar-refractivity contribution is 0.0849. The number of nitrogens with zero attached hydrogens (tertiary/aromatic N) is 3. The van der Waals surface area contributed by atoms with Gasteiger partial charge in [0.1, 0.15) is 5.75 Å². The van der Waals surface area contributed by atoms with Gasteiger partial charge in [-0.3, -0.25) is 9.69 Å². The lowest BCUT2D eigenvalue weighted by Gasteiger charge is -2.39. The minimum absolute atomic E-state index is 0.118. The Morgan fingerprint density at radius 1 is 1.09 bits per heavy atom. The molecule has 1 amide bonds. The highest BCUT2D eigenvalue weighted by Crippen LogP contribution is 2.24. The van der Waals surface area contributed by atoms with Crippen molar-refractivity contribution in [3.05, 3.63) is 71.9 Å². The Kier molecular flexibility index (Phi) is 7.19. The second-order valence-electron chi connectivity index (χ2n) is 7.91. The summed E-state index contributed by atoms with van der Waals surface area (Å²) >= 11 is 0. The summed E-state index contributed by atoms with van der Waals surface area (Å²) in [4.78, 5) is 17.7. The Hall–Kier alpha value is -3.16. The molecule has 1 saturated heterocycles. The van der Waals surface area contributed by atoms with E-state index in [1.807, 2.05) is 42.5 Å². The number of hydrogen-bond acceptors (Lipinski definition) is 6. The quantitative estimate of drug-likeness (QED) is 0.586. The van der Waals surface area contributed by atoms with Crippen LogP contribution < -0.4 is 10.1 Å². The summed E-state index contributed by atoms with van der Waals surface area (Å²) < 4.78 is 10.6. The molecule has 1 aliphatic heterocycles. The highest BCUT2D eigenvalue weighted by Gasteiger charge is 2.25. The number of rotatable bonds is 8. The van der Waals surface area contributed by atoms with Gasteiger partial charge in [-0.05, 0) is 36.4 Å². The van der Waals surface area contributed by atoms with Crippen LogP contribution in [0.1, 0.15) is 29.0 Å². The Bertz CT molecular complexity index is 996. The van der Waals surface area contributed by atoms with E-state index in [-0.39, 0.29) is 17.6 Å². The van der Waals surface area contributed by atoms with Gasteiger partial charge >= 0.3 is 0 Å². The Morgan fingerprint density at radius 3 is 2.47 bits per heavy atom. The van der Waals surface area contributed by atoms with E-state index >= 15 is 0 Å². The van der Waals surface area contributed by atoms with E-state index < -0.39 is 0 Å². The first-order valence-electron chi connectivity index (χ1n) is 11.1. The van der Waals surface area contributed by atoms with E-state index in [2.05, 4.69) is 39.3 Å². The third kappa shape index (κ3) is 5.18. The average molecular weight is 435 g/mol. The van der Waals surface area contributed by atoms with Crippen molar-refractivity contribution in [3.8, 4) is 17.1 Å². The fourth-order valence-electron chi connectivity index (χ4n) is 4.08. The molecular weight excluding hydrogens is 404 g/mol. The molecule has 2 heterocycles. The first-order valence-corrected chi connectivity index (χ1v) is 11.1. The molecule has 1 aromatic heterocycles. The van der Waals surface area contributed by atoms with Crippen LogP contribution in [-0.4, -0.2) is 67.2 Å². The molecule has 0 aliphatic carbocycles. The average Bonchev–Trinajstić information content (AvgIpc) is 3.36. The first-order chi connectivity index (χ1) is 15.7. The van der Waals surface area contributed by atoms with Crippen molar-refractivity contribution in [2.45, 2.75) is 13.0 Å². The third-order valence-corrected chi connectivity index (χ3v) is 6.05. The lowest BCUT2D eigenvalue weighted by atomic mass is 10.0. The van der Waals surface area contributed by atoms with Gasteiger partial charge in [-0.15, -0.1) is 0 Å². The summed E-state index contributed by atoms with van der Waals surface area (Å²) in [5.41, 5.74) is 2.32. The van der Waals surface area contributed by atoms with E-state index in [4.69, 9.17) is 9.26 Å². The molecule has 1 atom stereocenters. The van der Waals surface area contributed by atoms with Crippen molar-refractivity contribution in [2.75, 3.05) is 46.4 Å². The number of ether oxygens (including phenoxy) is 1. The van der Waals surface area contributed by atoms with Crippen LogP contribution in [0.25, 0.3) is 11.3 Å². The predicted molar refractivity (Wildman–Crippen MR) is 124 cm³/mol. The smallest absolute Gasteiger partial charge is 0.273 e. The molecule has 32 heavy (non-hydrogen) atoms. The molecule has 2 aromatic carbocycles. The normalized spacial score (nSPS) is 15.9. The molecule has 7 heteroatoms. The van der Waals surface area contributed by atoms with Crippen LogP contribution in [-0.2, 0) is 0 Å². The van der Waals surface area contributed by atoms with Gasteiger partial charge < -0.3 is 19.5 Å². The number of methoxy groups -OCH3 is 1. The van der Waals surface area contributed by atoms with E-state index in [1.54, 1.807) is 13.2 Å². The standard InChI is InChI=1S/C25H30N4O3/c1-3-28-13-15-29(16-14-28)23(19-7-5-4-6-8-19)18-26-25(30)22-17-24(32-27-22)20-9-11-21(31-2)12-10-20/h4-12,17,23H,3,13-16,18H2,1-2H3,(H,26,30)/t23-/m1/s1. The molecule has 3 aromatic rings. The Labute approximate surface area is 188 Å². The number of carbonyl (C=O) groups is 1. The van der Waals surface area contributed by atoms with Gasteiger partial charge in [0, 0.05) is 44.4 Å². The van der Waals surface area contributed by atoms with Gasteiger partial charge in [0.05, 0.1) is 13.2 Å². The number of piperazine rings is 1. The second-order valence-corrected chi connectivity index (χ2v) is 7.91. The lowest BCUT2D eigenvalue weighted by Crippen LogP contribution is -2.49. The number of amides is 1. The fourth-order valence-corrected chi connectivity index (χ4v) is 4.08. The Balaban J connectivity index is 1.42. The van der Waals surface area contributed by atoms with Gasteiger partial charge in [0.25, 0.3) is 5.91 Å². The van der Waals surface area contributed by atoms with Crippen molar-refractivity contribution >= 4 is 5.91 Å². The predicted octanol–water partition coefficient (Wildman–Crippen LogP) is 3.46. The summed E-state index contributed by atoms with van der Waals surface area (Å²) in [5, 5.41) is 7.05. The van der Waals surface area contributed by atoms with Crippen molar-refractivity contribution in [3.63, 3.8) is 0 Å². The molecule has 0 saturated carbocycles. The maximum atomic E-state index is 12.8. The van der Waals surface area contributed by atoms with Crippen LogP contribution in [0, 0.1) is 0 Å². The minimum Gasteiger partial charge on any atom is -0.497 e. The van der Waals surface area contributed by atoms with Crippen molar-refractivity contribution < 1.29 is 14.1 Å². The van der Waals surface area contributed by atoms with E-state index in [9.17, 15) is 4.79 Å². The van der Waals surface area contributed by atoms with Gasteiger partial charge in [0.2, 0.25) is 0 Å². The number of likely N-dealkylation sites (N-methyl/N-ethyl adjacent to an activating group) is 1. The molecule has 0 bridgehead atoms. The molecular formula is C25H30N4O3. The SMILES string of the molecule is CCN1CCN([C@H](CNC(=O)c2cc(-c3ccc(OC)cc3)on2)c2ccccc2)CC1. The van der Waals surface area contributed by atoms with Crippen LogP contribution in [0.15, 0.2) is 65.2 Å². The van der Waals surface area contributed by atoms with E-state index in [0.29, 0.717) is 12.3 Å². The number of hydrogen-bond donors (Lipinski definition) is 1. The Morgan fingerprint density at radius 2 is 1.81 bits per heavy atom. The van der Waals surface area contributed by atoms with Gasteiger partial charge in [-0.1, -0.05) is 42.4 Å². The fraction of sp³-hybridized carbons (Fsp3) is 0.360. The summed E-state index contributed by atoms with van der Waals surface area (Å²) in [5.74, 6) is 1.08. The second kappa shape index (κ2) is 10.4. The molecule has 0 spiro atoms. The van der Waals surface area contributed by atoms with Crippen LogP contribution in [0.3, 0.4) is 0 Å². The topological polar surface area (TPSA) is 70.8 Å². The van der Waals surface area contributed by atoms with Crippen LogP contribution in [0.5, 0.6) is 5.75 Å². The zero-order valence-corrected chi connectivity index (χ0v) is 18.7. The molecule has 0 unspecified atom stereocenters. The van der Waals surface area contributed by atoms with Crippen LogP contribution in [0.2, 0.25) is 0 Å². The van der Waals surface area contributed by atoms with E-state index in [0.717, 1.165) is 44.0 Å². The van der Waals surface area contributed by atoms with Crippen molar-refractivity contribution in [1.82, 2.24) is 20.3 Å². The third-order valence-electron chi connectivity index (χ3n) is 6.05. The van der Waals surface area contributed by atoms with Crippen LogP contribution in [0.4, 0.5) is 0 Å². The number of nitrogens with one attached hydrogen (secondary N) is 1. The molecule has 1 fully saturated rings. The summed E-state index contributed by atoms with van der Waals surface area (Å²) in [6.07, 6.45) is 0. The monoisotopic (exact) mass is 434 g/mol. The molecule has 7 nitrogen and oxygen atoms in total. The van der Waals surface area contributed by atoms with Gasteiger partial charge in [-0.25, -0.2) is 0 Å². The molecule has 4 rings (SSSR count). The number of carbonyl (C=O) groups excluding carboxylic acids is 1. The zero-order chi connectivity index (χ0) is 22.3. The number of aromatic nitrogens is 1. The van der Waals surface area contributed by atoms with Gasteiger partial charge in [0.15, 0.2) is 11.5 Å². The van der Waals surface area contributed by atoms with Crippen LogP contribution >= 0.6 is 0 Å². The highest BCUT2D eigenvalue weighted by molar-refractivity contribution is 5.93. The highest BCUT2D eigenvalue weighted by atomic mass is 16.5. The van der Waals surface area contributed by atoms with Crippen molar-refractivity contribution in [2.24, 2.45) is 0 Å². The summed E-state index contributed by atoms with van der Waals surface area (Å²) in [6, 6.07) is 19.6. The maximum absolute atomic E-state index is 12.8. The first kappa shape index (κ1) is 22.0. The number of benzene rings is 2. The summed E-state index contributed by atoms with van der Waals surface area (Å²) in [7, 11) is 1.62. The maximum Gasteiger partial charge on any atom is 0.273 e. The molecule has 1 aliphatic rings. The van der Waals surface area contributed by atoms with Gasteiger partial charge in [-0.2, -0.15) is 0 Å². The summed E-state index contributed by atoms with van der Waals surface area (Å²) in [6.45, 7) is 7.83. The minimum atomic E-state index is -0.235. The largest absolute Gasteiger partial charge is 0.497 e. The van der Waals surface area contributed by atoms with Crippen molar-refractivity contribution in [1.29, 1.82) is 0 Å². The zero-order valence-electron chi connectivity index (χ0n) is 18.7. The van der Waals surface area contributed by atoms with E-state index in [1.165, 1.54) is 5.56 Å². The molecule has 1 N–H and O–H groups in total.